The lowest BCUT2D eigenvalue weighted by atomic mass is 9.98. The van der Waals surface area contributed by atoms with E-state index in [1.165, 1.54) is 19.3 Å². The summed E-state index contributed by atoms with van der Waals surface area (Å²) in [6.45, 7) is 1.68. The number of nitrogen functional groups attached to an aromatic ring is 1. The first kappa shape index (κ1) is 18.8. The third kappa shape index (κ3) is 3.99. The zero-order chi connectivity index (χ0) is 19.5. The van der Waals surface area contributed by atoms with E-state index in [4.69, 9.17) is 10.5 Å². The van der Waals surface area contributed by atoms with Gasteiger partial charge in [-0.25, -0.2) is 4.98 Å². The van der Waals surface area contributed by atoms with Gasteiger partial charge in [0.1, 0.15) is 11.5 Å². The molecule has 1 unspecified atom stereocenters. The summed E-state index contributed by atoms with van der Waals surface area (Å²) in [6, 6.07) is 5.22. The second-order valence-electron chi connectivity index (χ2n) is 7.78. The van der Waals surface area contributed by atoms with Crippen molar-refractivity contribution >= 4 is 5.82 Å². The number of nitrogens with zero attached hydrogens (tertiary/aromatic N) is 2. The molecule has 4 rings (SSSR count). The molecule has 1 saturated heterocycles. The van der Waals surface area contributed by atoms with Gasteiger partial charge in [0, 0.05) is 24.3 Å². The van der Waals surface area contributed by atoms with Crippen LogP contribution in [0, 0.1) is 0 Å². The number of nitrogens with two attached hydrogens (primary N) is 1. The Labute approximate surface area is 164 Å². The van der Waals surface area contributed by atoms with Gasteiger partial charge in [0.15, 0.2) is 5.82 Å². The van der Waals surface area contributed by atoms with Gasteiger partial charge in [0.25, 0.3) is 5.56 Å². The van der Waals surface area contributed by atoms with E-state index >= 15 is 0 Å². The molecule has 1 aliphatic carbocycles. The van der Waals surface area contributed by atoms with Crippen LogP contribution in [0.3, 0.4) is 0 Å². The second kappa shape index (κ2) is 8.22. The van der Waals surface area contributed by atoms with Crippen molar-refractivity contribution < 1.29 is 9.84 Å². The van der Waals surface area contributed by atoms with E-state index < -0.39 is 0 Å². The summed E-state index contributed by atoms with van der Waals surface area (Å²) >= 11 is 0. The van der Waals surface area contributed by atoms with Gasteiger partial charge in [0.2, 0.25) is 0 Å². The summed E-state index contributed by atoms with van der Waals surface area (Å²) in [6.07, 6.45) is 9.59. The van der Waals surface area contributed by atoms with Crippen molar-refractivity contribution in [2.24, 2.45) is 0 Å². The Bertz CT molecular complexity index is 884. The number of ether oxygens (including phenoxy) is 1. The van der Waals surface area contributed by atoms with Gasteiger partial charge in [-0.15, -0.1) is 0 Å². The molecule has 7 heteroatoms. The highest BCUT2D eigenvalue weighted by Gasteiger charge is 2.20. The Morgan fingerprint density at radius 2 is 2.00 bits per heavy atom. The molecule has 2 fully saturated rings. The standard InChI is InChI=1S/C21H28N4O3/c22-20-21(27)25(14-5-4-10-23-12-14)13-18(24-20)17-11-16(8-9-19(17)26)28-15-6-2-1-3-7-15/h8-9,11,13-15,23,26H,1-7,10,12H2,(H2,22,24). The minimum Gasteiger partial charge on any atom is -0.507 e. The zero-order valence-electron chi connectivity index (χ0n) is 16.1. The van der Waals surface area contributed by atoms with Crippen LogP contribution in [0.2, 0.25) is 0 Å². The summed E-state index contributed by atoms with van der Waals surface area (Å²) in [5.74, 6) is 0.744. The molecule has 7 nitrogen and oxygen atoms in total. The largest absolute Gasteiger partial charge is 0.507 e. The highest BCUT2D eigenvalue weighted by atomic mass is 16.5. The second-order valence-corrected chi connectivity index (χ2v) is 7.78. The van der Waals surface area contributed by atoms with Crippen molar-refractivity contribution in [3.8, 4) is 22.8 Å². The minimum atomic E-state index is -0.286. The Kier molecular flexibility index (Phi) is 5.52. The maximum atomic E-state index is 12.5. The van der Waals surface area contributed by atoms with Crippen molar-refractivity contribution in [1.29, 1.82) is 0 Å². The minimum absolute atomic E-state index is 0.0362. The van der Waals surface area contributed by atoms with Crippen molar-refractivity contribution in [2.45, 2.75) is 57.1 Å². The van der Waals surface area contributed by atoms with Crippen molar-refractivity contribution in [1.82, 2.24) is 14.9 Å². The maximum Gasteiger partial charge on any atom is 0.293 e. The lowest BCUT2D eigenvalue weighted by Gasteiger charge is -2.25. The van der Waals surface area contributed by atoms with E-state index in [1.807, 2.05) is 0 Å². The number of aromatic nitrogens is 2. The van der Waals surface area contributed by atoms with Crippen LogP contribution in [0.1, 0.15) is 51.0 Å². The average molecular weight is 384 g/mol. The van der Waals surface area contributed by atoms with Crippen LogP contribution in [0.25, 0.3) is 11.3 Å². The number of hydrogen-bond donors (Lipinski definition) is 3. The first-order chi connectivity index (χ1) is 13.6. The smallest absolute Gasteiger partial charge is 0.293 e. The topological polar surface area (TPSA) is 102 Å². The van der Waals surface area contributed by atoms with E-state index in [9.17, 15) is 9.90 Å². The molecule has 1 aromatic carbocycles. The van der Waals surface area contributed by atoms with Gasteiger partial charge < -0.3 is 25.5 Å². The number of hydrogen-bond acceptors (Lipinski definition) is 6. The number of rotatable bonds is 4. The van der Waals surface area contributed by atoms with Crippen molar-refractivity contribution in [3.63, 3.8) is 0 Å². The molecule has 150 valence electrons. The van der Waals surface area contributed by atoms with Gasteiger partial charge in [-0.05, 0) is 63.3 Å². The predicted octanol–water partition coefficient (Wildman–Crippen LogP) is 2.83. The molecule has 4 N–H and O–H groups in total. The van der Waals surface area contributed by atoms with Gasteiger partial charge in [-0.3, -0.25) is 4.79 Å². The summed E-state index contributed by atoms with van der Waals surface area (Å²) < 4.78 is 7.78. The Balaban J connectivity index is 1.66. The normalized spacial score (nSPS) is 20.8. The number of piperidine rings is 1. The highest BCUT2D eigenvalue weighted by molar-refractivity contribution is 5.69. The molecule has 0 radical (unpaired) electrons. The number of aromatic hydroxyl groups is 1. The van der Waals surface area contributed by atoms with Crippen LogP contribution in [0.15, 0.2) is 29.2 Å². The van der Waals surface area contributed by atoms with Crippen LogP contribution >= 0.6 is 0 Å². The Morgan fingerprint density at radius 3 is 2.75 bits per heavy atom. The molecule has 1 aromatic heterocycles. The summed E-state index contributed by atoms with van der Waals surface area (Å²) in [5, 5.41) is 13.7. The molecule has 2 aromatic rings. The van der Waals surface area contributed by atoms with E-state index in [1.54, 1.807) is 29.0 Å². The van der Waals surface area contributed by atoms with E-state index in [2.05, 4.69) is 10.3 Å². The van der Waals surface area contributed by atoms with E-state index in [-0.39, 0.29) is 29.3 Å². The highest BCUT2D eigenvalue weighted by Crippen LogP contribution is 2.33. The lowest BCUT2D eigenvalue weighted by molar-refractivity contribution is 0.155. The molecule has 1 saturated carbocycles. The number of phenols is 1. The van der Waals surface area contributed by atoms with Crippen LogP contribution < -0.4 is 21.3 Å². The summed E-state index contributed by atoms with van der Waals surface area (Å²) in [4.78, 5) is 16.8. The average Bonchev–Trinajstić information content (AvgIpc) is 2.73. The first-order valence-electron chi connectivity index (χ1n) is 10.2. The monoisotopic (exact) mass is 384 g/mol. The Morgan fingerprint density at radius 1 is 1.18 bits per heavy atom. The van der Waals surface area contributed by atoms with Gasteiger partial charge in [-0.1, -0.05) is 6.42 Å². The van der Waals surface area contributed by atoms with Crippen LogP contribution in [0.5, 0.6) is 11.5 Å². The zero-order valence-corrected chi connectivity index (χ0v) is 16.1. The number of phenolic OH excluding ortho intramolecular Hbond substituents is 1. The van der Waals surface area contributed by atoms with Gasteiger partial charge in [-0.2, -0.15) is 0 Å². The van der Waals surface area contributed by atoms with Crippen LogP contribution in [-0.2, 0) is 0 Å². The van der Waals surface area contributed by atoms with Crippen molar-refractivity contribution in [2.75, 3.05) is 18.8 Å². The SMILES string of the molecule is Nc1nc(-c2cc(OC3CCCCC3)ccc2O)cn(C2CCCNC2)c1=O. The summed E-state index contributed by atoms with van der Waals surface area (Å²) in [5.41, 5.74) is 6.65. The van der Waals surface area contributed by atoms with Crippen LogP contribution in [0.4, 0.5) is 5.82 Å². The molecule has 2 heterocycles. The summed E-state index contributed by atoms with van der Waals surface area (Å²) in [7, 11) is 0. The van der Waals surface area contributed by atoms with Gasteiger partial charge in [0.05, 0.1) is 11.8 Å². The molecule has 28 heavy (non-hydrogen) atoms. The first-order valence-corrected chi connectivity index (χ1v) is 10.2. The van der Waals surface area contributed by atoms with E-state index in [0.717, 1.165) is 38.8 Å². The number of nitrogens with one attached hydrogen (secondary N) is 1. The fraction of sp³-hybridized carbons (Fsp3) is 0.524. The third-order valence-electron chi connectivity index (χ3n) is 5.72. The molecule has 1 aliphatic heterocycles. The molecule has 0 bridgehead atoms. The molecule has 2 aliphatic rings. The molecule has 0 amide bonds. The third-order valence-corrected chi connectivity index (χ3v) is 5.72. The fourth-order valence-electron chi connectivity index (χ4n) is 4.17. The fourth-order valence-corrected chi connectivity index (χ4v) is 4.17. The quantitative estimate of drug-likeness (QED) is 0.749. The molecule has 0 spiro atoms. The molecular formula is C21H28N4O3. The molecule has 1 atom stereocenters. The molecular weight excluding hydrogens is 356 g/mol. The Hall–Kier alpha value is -2.54. The van der Waals surface area contributed by atoms with Crippen LogP contribution in [-0.4, -0.2) is 33.9 Å². The van der Waals surface area contributed by atoms with E-state index in [0.29, 0.717) is 17.0 Å². The number of benzene rings is 1. The van der Waals surface area contributed by atoms with Crippen molar-refractivity contribution in [3.05, 3.63) is 34.7 Å². The number of anilines is 1. The maximum absolute atomic E-state index is 12.5. The lowest BCUT2D eigenvalue weighted by Crippen LogP contribution is -2.37. The van der Waals surface area contributed by atoms with Gasteiger partial charge >= 0.3 is 0 Å². The predicted molar refractivity (Wildman–Crippen MR) is 109 cm³/mol.